The molecule has 0 aromatic heterocycles. The Labute approximate surface area is 127 Å². The van der Waals surface area contributed by atoms with E-state index in [1.165, 1.54) is 42.0 Å². The van der Waals surface area contributed by atoms with Gasteiger partial charge >= 0.3 is 0 Å². The van der Waals surface area contributed by atoms with Gasteiger partial charge in [0.2, 0.25) is 0 Å². The summed E-state index contributed by atoms with van der Waals surface area (Å²) in [5.41, 5.74) is 1.28. The minimum absolute atomic E-state index is 0.316. The van der Waals surface area contributed by atoms with Crippen LogP contribution in [-0.4, -0.2) is 12.6 Å². The molecule has 21 heavy (non-hydrogen) atoms. The number of hydrogen-bond donors (Lipinski definition) is 1. The van der Waals surface area contributed by atoms with Crippen LogP contribution >= 0.6 is 0 Å². The third-order valence-corrected chi connectivity index (χ3v) is 4.47. The monoisotopic (exact) mass is 283 g/mol. The summed E-state index contributed by atoms with van der Waals surface area (Å²) in [5, 5.41) is 6.02. The number of rotatable bonds is 5. The number of benzene rings is 2. The van der Waals surface area contributed by atoms with Crippen LogP contribution in [0.5, 0.6) is 5.75 Å². The molecule has 0 bridgehead atoms. The van der Waals surface area contributed by atoms with E-state index in [9.17, 15) is 0 Å². The normalized spacial score (nSPS) is 17.2. The average Bonchev–Trinajstić information content (AvgIpc) is 3.01. The Morgan fingerprint density at radius 3 is 2.67 bits per heavy atom. The summed E-state index contributed by atoms with van der Waals surface area (Å²) in [6.07, 6.45) is 5.38. The number of hydrogen-bond acceptors (Lipinski definition) is 2. The molecule has 1 atom stereocenters. The van der Waals surface area contributed by atoms with Crippen LogP contribution in [0.25, 0.3) is 10.8 Å². The molecule has 0 radical (unpaired) electrons. The van der Waals surface area contributed by atoms with Crippen molar-refractivity contribution >= 4 is 10.8 Å². The molecule has 0 spiro atoms. The van der Waals surface area contributed by atoms with Crippen LogP contribution in [0.2, 0.25) is 0 Å². The summed E-state index contributed by atoms with van der Waals surface area (Å²) in [4.78, 5) is 0. The quantitative estimate of drug-likeness (QED) is 0.848. The number of fused-ring (bicyclic) bond motifs is 1. The molecule has 1 fully saturated rings. The SMILES string of the molecule is CCNC(C)c1ccc2ccccc2c1OC1CCCC1. The van der Waals surface area contributed by atoms with Crippen LogP contribution in [-0.2, 0) is 0 Å². The predicted molar refractivity (Wildman–Crippen MR) is 88.9 cm³/mol. The maximum atomic E-state index is 6.45. The molecule has 1 aliphatic carbocycles. The van der Waals surface area contributed by atoms with Gasteiger partial charge in [0.25, 0.3) is 0 Å². The minimum Gasteiger partial charge on any atom is -0.489 e. The topological polar surface area (TPSA) is 21.3 Å². The molecule has 1 saturated carbocycles. The van der Waals surface area contributed by atoms with E-state index in [1.54, 1.807) is 0 Å². The van der Waals surface area contributed by atoms with Crippen LogP contribution < -0.4 is 10.1 Å². The Kier molecular flexibility index (Phi) is 4.45. The number of ether oxygens (including phenoxy) is 1. The Morgan fingerprint density at radius 1 is 1.14 bits per heavy atom. The van der Waals surface area contributed by atoms with Gasteiger partial charge in [-0.15, -0.1) is 0 Å². The van der Waals surface area contributed by atoms with E-state index in [2.05, 4.69) is 55.6 Å². The van der Waals surface area contributed by atoms with Crippen LogP contribution in [0.4, 0.5) is 0 Å². The maximum Gasteiger partial charge on any atom is 0.132 e. The van der Waals surface area contributed by atoms with Crippen LogP contribution in [0.15, 0.2) is 36.4 Å². The third kappa shape index (κ3) is 3.06. The van der Waals surface area contributed by atoms with E-state index in [4.69, 9.17) is 4.74 Å². The first-order chi connectivity index (χ1) is 10.3. The van der Waals surface area contributed by atoms with Crippen LogP contribution in [0.3, 0.4) is 0 Å². The van der Waals surface area contributed by atoms with Gasteiger partial charge < -0.3 is 10.1 Å². The lowest BCUT2D eigenvalue weighted by molar-refractivity contribution is 0.209. The van der Waals surface area contributed by atoms with Gasteiger partial charge in [0.05, 0.1) is 6.10 Å². The lowest BCUT2D eigenvalue weighted by Gasteiger charge is -2.22. The molecule has 2 aromatic carbocycles. The van der Waals surface area contributed by atoms with Crippen molar-refractivity contribution in [2.75, 3.05) is 6.54 Å². The molecule has 0 amide bonds. The Bertz CT molecular complexity index is 602. The molecular formula is C19H25NO. The zero-order valence-electron chi connectivity index (χ0n) is 13.1. The summed E-state index contributed by atoms with van der Waals surface area (Å²) < 4.78 is 6.45. The average molecular weight is 283 g/mol. The summed E-state index contributed by atoms with van der Waals surface area (Å²) in [7, 11) is 0. The standard InChI is InChI=1S/C19H25NO/c1-3-20-14(2)17-13-12-15-8-4-7-11-18(15)19(17)21-16-9-5-6-10-16/h4,7-8,11-14,16,20H,3,5-6,9-10H2,1-2H3. The van der Waals surface area contributed by atoms with Crippen molar-refractivity contribution in [1.29, 1.82) is 0 Å². The van der Waals surface area contributed by atoms with E-state index in [-0.39, 0.29) is 0 Å². The van der Waals surface area contributed by atoms with Gasteiger partial charge in [0.1, 0.15) is 5.75 Å². The van der Waals surface area contributed by atoms with E-state index in [1.807, 2.05) is 0 Å². The molecule has 0 saturated heterocycles. The van der Waals surface area contributed by atoms with Crippen molar-refractivity contribution in [1.82, 2.24) is 5.32 Å². The largest absolute Gasteiger partial charge is 0.489 e. The van der Waals surface area contributed by atoms with Crippen molar-refractivity contribution < 1.29 is 4.74 Å². The zero-order chi connectivity index (χ0) is 14.7. The van der Waals surface area contributed by atoms with E-state index >= 15 is 0 Å². The second-order valence-corrected chi connectivity index (χ2v) is 6.01. The Balaban J connectivity index is 2.03. The molecule has 112 valence electrons. The molecule has 1 aliphatic rings. The summed E-state index contributed by atoms with van der Waals surface area (Å²) in [5.74, 6) is 1.09. The molecule has 1 unspecified atom stereocenters. The Morgan fingerprint density at radius 2 is 1.90 bits per heavy atom. The van der Waals surface area contributed by atoms with E-state index in [0.29, 0.717) is 12.1 Å². The Hall–Kier alpha value is -1.54. The molecule has 2 aromatic rings. The fraction of sp³-hybridized carbons (Fsp3) is 0.474. The maximum absolute atomic E-state index is 6.45. The minimum atomic E-state index is 0.316. The number of nitrogens with one attached hydrogen (secondary N) is 1. The predicted octanol–water partition coefficient (Wildman–Crippen LogP) is 4.83. The zero-order valence-corrected chi connectivity index (χ0v) is 13.1. The van der Waals surface area contributed by atoms with Gasteiger partial charge in [-0.3, -0.25) is 0 Å². The highest BCUT2D eigenvalue weighted by Crippen LogP contribution is 2.36. The van der Waals surface area contributed by atoms with E-state index < -0.39 is 0 Å². The van der Waals surface area contributed by atoms with Gasteiger partial charge in [-0.2, -0.15) is 0 Å². The van der Waals surface area contributed by atoms with Crippen molar-refractivity contribution in [3.8, 4) is 5.75 Å². The fourth-order valence-corrected chi connectivity index (χ4v) is 3.32. The first kappa shape index (κ1) is 14.4. The smallest absolute Gasteiger partial charge is 0.132 e. The van der Waals surface area contributed by atoms with Crippen LogP contribution in [0.1, 0.15) is 51.1 Å². The third-order valence-electron chi connectivity index (χ3n) is 4.47. The highest BCUT2D eigenvalue weighted by molar-refractivity contribution is 5.89. The lowest BCUT2D eigenvalue weighted by atomic mass is 10.0. The molecule has 2 heteroatoms. The van der Waals surface area contributed by atoms with Gasteiger partial charge in [0, 0.05) is 17.0 Å². The second-order valence-electron chi connectivity index (χ2n) is 6.01. The van der Waals surface area contributed by atoms with Gasteiger partial charge in [-0.25, -0.2) is 0 Å². The van der Waals surface area contributed by atoms with Gasteiger partial charge in [-0.1, -0.05) is 43.3 Å². The summed E-state index contributed by atoms with van der Waals surface area (Å²) in [6.45, 7) is 5.33. The van der Waals surface area contributed by atoms with Crippen molar-refractivity contribution in [2.45, 2.75) is 51.7 Å². The van der Waals surface area contributed by atoms with Crippen molar-refractivity contribution in [2.24, 2.45) is 0 Å². The second kappa shape index (κ2) is 6.48. The first-order valence-corrected chi connectivity index (χ1v) is 8.21. The van der Waals surface area contributed by atoms with Crippen molar-refractivity contribution in [3.63, 3.8) is 0 Å². The molecule has 1 N–H and O–H groups in total. The van der Waals surface area contributed by atoms with Gasteiger partial charge in [0.15, 0.2) is 0 Å². The molecule has 0 aliphatic heterocycles. The van der Waals surface area contributed by atoms with E-state index in [0.717, 1.165) is 12.3 Å². The molecular weight excluding hydrogens is 258 g/mol. The fourth-order valence-electron chi connectivity index (χ4n) is 3.32. The summed E-state index contributed by atoms with van der Waals surface area (Å²) >= 11 is 0. The van der Waals surface area contributed by atoms with Crippen molar-refractivity contribution in [3.05, 3.63) is 42.0 Å². The molecule has 0 heterocycles. The van der Waals surface area contributed by atoms with Gasteiger partial charge in [-0.05, 0) is 44.5 Å². The summed E-state index contributed by atoms with van der Waals surface area (Å²) in [6, 6.07) is 13.3. The first-order valence-electron chi connectivity index (χ1n) is 8.21. The lowest BCUT2D eigenvalue weighted by Crippen LogP contribution is -2.20. The highest BCUT2D eigenvalue weighted by atomic mass is 16.5. The molecule has 3 rings (SSSR count). The van der Waals surface area contributed by atoms with Crippen LogP contribution in [0, 0.1) is 0 Å². The molecule has 2 nitrogen and oxygen atoms in total. The highest BCUT2D eigenvalue weighted by Gasteiger charge is 2.21.